The first kappa shape index (κ1) is 27.0. The van der Waals surface area contributed by atoms with Crippen molar-refractivity contribution in [1.82, 2.24) is 10.6 Å². The van der Waals surface area contributed by atoms with Gasteiger partial charge in [0.2, 0.25) is 11.4 Å². The van der Waals surface area contributed by atoms with E-state index in [2.05, 4.69) is 10.1 Å². The van der Waals surface area contributed by atoms with Crippen LogP contribution in [-0.2, 0) is 19.1 Å². The molecule has 0 heterocycles. The molecule has 0 radical (unpaired) electrons. The maximum absolute atomic E-state index is 14.0. The second-order valence-electron chi connectivity index (χ2n) is 9.17. The van der Waals surface area contributed by atoms with Crippen LogP contribution in [0, 0.1) is 5.92 Å². The molecule has 0 fully saturated rings. The number of carbonyl (C=O) groups excluding carboxylic acids is 3. The number of ether oxygens (including phenoxy) is 2. The fourth-order valence-corrected chi connectivity index (χ4v) is 4.48. The fraction of sp³-hybridized carbons (Fsp3) is 0.423. The highest BCUT2D eigenvalue weighted by molar-refractivity contribution is 5.92. The maximum atomic E-state index is 14.0. The number of carbonyl (C=O) groups is 3. The zero-order chi connectivity index (χ0) is 26.7. The molecule has 194 valence electrons. The number of nitrogens with one attached hydrogen (secondary N) is 2. The molecule has 1 aliphatic rings. The zero-order valence-electron chi connectivity index (χ0n) is 20.4. The summed E-state index contributed by atoms with van der Waals surface area (Å²) in [6, 6.07) is 14.0. The minimum Gasteiger partial charge on any atom is -0.467 e. The van der Waals surface area contributed by atoms with Gasteiger partial charge in [-0.2, -0.15) is 13.2 Å². The Morgan fingerprint density at radius 3 is 1.94 bits per heavy atom. The molecule has 2 atom stereocenters. The number of amides is 2. The van der Waals surface area contributed by atoms with Crippen LogP contribution in [0.3, 0.4) is 0 Å². The van der Waals surface area contributed by atoms with Crippen molar-refractivity contribution in [2.45, 2.75) is 50.9 Å². The average Bonchev–Trinajstić information content (AvgIpc) is 3.14. The second-order valence-corrected chi connectivity index (χ2v) is 9.17. The van der Waals surface area contributed by atoms with E-state index in [1.165, 1.54) is 20.8 Å². The molecule has 2 N–H and O–H groups in total. The second kappa shape index (κ2) is 10.6. The van der Waals surface area contributed by atoms with Crippen LogP contribution in [-0.4, -0.2) is 49.4 Å². The van der Waals surface area contributed by atoms with Crippen LogP contribution in [0.5, 0.6) is 0 Å². The number of alkyl carbamates (subject to hydrolysis) is 1. The summed E-state index contributed by atoms with van der Waals surface area (Å²) in [5.41, 5.74) is 0.792. The Labute approximate surface area is 207 Å². The van der Waals surface area contributed by atoms with Crippen molar-refractivity contribution in [3.63, 3.8) is 0 Å². The molecule has 0 aromatic heterocycles. The van der Waals surface area contributed by atoms with Crippen LogP contribution in [0.1, 0.15) is 44.2 Å². The van der Waals surface area contributed by atoms with E-state index in [0.717, 1.165) is 29.4 Å². The third-order valence-corrected chi connectivity index (χ3v) is 6.14. The smallest absolute Gasteiger partial charge is 0.422 e. The summed E-state index contributed by atoms with van der Waals surface area (Å²) >= 11 is 0. The van der Waals surface area contributed by atoms with Crippen molar-refractivity contribution in [3.8, 4) is 11.1 Å². The topological polar surface area (TPSA) is 93.7 Å². The van der Waals surface area contributed by atoms with Crippen molar-refractivity contribution in [2.75, 3.05) is 13.7 Å². The van der Waals surface area contributed by atoms with Gasteiger partial charge >= 0.3 is 18.2 Å². The number of hydrogen-bond acceptors (Lipinski definition) is 5. The Bertz CT molecular complexity index is 1090. The number of methoxy groups -OCH3 is 1. The summed E-state index contributed by atoms with van der Waals surface area (Å²) in [5, 5.41) is 4.02. The largest absolute Gasteiger partial charge is 0.467 e. The highest BCUT2D eigenvalue weighted by atomic mass is 19.4. The van der Waals surface area contributed by atoms with E-state index in [1.807, 2.05) is 48.5 Å². The number of rotatable bonds is 8. The van der Waals surface area contributed by atoms with Crippen LogP contribution in [0.25, 0.3) is 11.1 Å². The van der Waals surface area contributed by atoms with Crippen LogP contribution in [0.2, 0.25) is 0 Å². The SMILES string of the molecule is COC(=O)[C@](CC(C)C)(NC(=O)[C@H](C)NC(=O)OCC1c2ccccc2-c2ccccc21)C(F)(F)F. The molecule has 0 aliphatic heterocycles. The molecule has 36 heavy (non-hydrogen) atoms. The fourth-order valence-electron chi connectivity index (χ4n) is 4.48. The number of alkyl halides is 3. The Hall–Kier alpha value is -3.56. The van der Waals surface area contributed by atoms with Crippen molar-refractivity contribution < 1.29 is 37.0 Å². The van der Waals surface area contributed by atoms with E-state index in [-0.39, 0.29) is 12.5 Å². The minimum atomic E-state index is -5.12. The third-order valence-electron chi connectivity index (χ3n) is 6.14. The first-order valence-electron chi connectivity index (χ1n) is 11.5. The highest BCUT2D eigenvalue weighted by Gasteiger charge is 2.62. The van der Waals surface area contributed by atoms with Gasteiger partial charge in [0, 0.05) is 5.92 Å². The molecule has 2 amide bonds. The number of fused-ring (bicyclic) bond motifs is 3. The van der Waals surface area contributed by atoms with Crippen LogP contribution < -0.4 is 10.6 Å². The lowest BCUT2D eigenvalue weighted by Crippen LogP contribution is -2.67. The lowest BCUT2D eigenvalue weighted by atomic mass is 9.87. The molecule has 0 saturated heterocycles. The van der Waals surface area contributed by atoms with Gasteiger partial charge in [0.05, 0.1) is 7.11 Å². The highest BCUT2D eigenvalue weighted by Crippen LogP contribution is 2.44. The quantitative estimate of drug-likeness (QED) is 0.513. The van der Waals surface area contributed by atoms with E-state index in [1.54, 1.807) is 5.32 Å². The predicted octanol–water partition coefficient (Wildman–Crippen LogP) is 4.55. The lowest BCUT2D eigenvalue weighted by molar-refractivity contribution is -0.216. The van der Waals surface area contributed by atoms with E-state index >= 15 is 0 Å². The van der Waals surface area contributed by atoms with Gasteiger partial charge in [0.1, 0.15) is 12.6 Å². The first-order valence-corrected chi connectivity index (χ1v) is 11.5. The summed E-state index contributed by atoms with van der Waals surface area (Å²) < 4.78 is 51.6. The van der Waals surface area contributed by atoms with Gasteiger partial charge in [-0.1, -0.05) is 62.4 Å². The van der Waals surface area contributed by atoms with Gasteiger partial charge in [-0.05, 0) is 41.5 Å². The number of benzene rings is 2. The van der Waals surface area contributed by atoms with Crippen LogP contribution in [0.4, 0.5) is 18.0 Å². The number of hydrogen-bond donors (Lipinski definition) is 2. The molecule has 1 aliphatic carbocycles. The van der Waals surface area contributed by atoms with Crippen molar-refractivity contribution >= 4 is 18.0 Å². The molecule has 7 nitrogen and oxygen atoms in total. The van der Waals surface area contributed by atoms with E-state index in [4.69, 9.17) is 4.74 Å². The van der Waals surface area contributed by atoms with Gasteiger partial charge in [0.25, 0.3) is 0 Å². The lowest BCUT2D eigenvalue weighted by Gasteiger charge is -2.35. The van der Waals surface area contributed by atoms with E-state index < -0.39 is 48.1 Å². The molecular formula is C26H29F3N2O5. The van der Waals surface area contributed by atoms with E-state index in [9.17, 15) is 27.6 Å². The summed E-state index contributed by atoms with van der Waals surface area (Å²) in [5.74, 6) is -3.66. The Morgan fingerprint density at radius 2 is 1.47 bits per heavy atom. The van der Waals surface area contributed by atoms with Gasteiger partial charge in [0.15, 0.2) is 0 Å². The van der Waals surface area contributed by atoms with Gasteiger partial charge < -0.3 is 20.1 Å². The van der Waals surface area contributed by atoms with E-state index in [0.29, 0.717) is 0 Å². The van der Waals surface area contributed by atoms with Crippen LogP contribution in [0.15, 0.2) is 48.5 Å². The minimum absolute atomic E-state index is 0.0315. The van der Waals surface area contributed by atoms with Gasteiger partial charge in [-0.3, -0.25) is 4.79 Å². The first-order chi connectivity index (χ1) is 16.9. The molecule has 0 unspecified atom stereocenters. The monoisotopic (exact) mass is 506 g/mol. The molecule has 3 rings (SSSR count). The Kier molecular flexibility index (Phi) is 7.96. The molecule has 0 saturated carbocycles. The normalized spacial score (nSPS) is 15.3. The molecule has 2 aromatic rings. The maximum Gasteiger partial charge on any atom is 0.422 e. The third kappa shape index (κ3) is 5.32. The summed E-state index contributed by atoms with van der Waals surface area (Å²) in [6.45, 7) is 4.13. The summed E-state index contributed by atoms with van der Waals surface area (Å²) in [4.78, 5) is 37.3. The van der Waals surface area contributed by atoms with Crippen molar-refractivity contribution in [2.24, 2.45) is 5.92 Å². The van der Waals surface area contributed by atoms with Crippen molar-refractivity contribution in [3.05, 3.63) is 59.7 Å². The molecule has 2 aromatic carbocycles. The predicted molar refractivity (Wildman–Crippen MR) is 126 cm³/mol. The Balaban J connectivity index is 1.68. The summed E-state index contributed by atoms with van der Waals surface area (Å²) in [7, 11) is 0.813. The van der Waals surface area contributed by atoms with Gasteiger partial charge in [-0.15, -0.1) is 0 Å². The van der Waals surface area contributed by atoms with Gasteiger partial charge in [-0.25, -0.2) is 9.59 Å². The molecule has 10 heteroatoms. The molecule has 0 spiro atoms. The summed E-state index contributed by atoms with van der Waals surface area (Å²) in [6.07, 6.45) is -6.82. The Morgan fingerprint density at radius 1 is 0.944 bits per heavy atom. The average molecular weight is 507 g/mol. The number of esters is 1. The number of halogens is 3. The van der Waals surface area contributed by atoms with Crippen LogP contribution >= 0.6 is 0 Å². The molecular weight excluding hydrogens is 477 g/mol. The molecule has 0 bridgehead atoms. The van der Waals surface area contributed by atoms with Crippen molar-refractivity contribution in [1.29, 1.82) is 0 Å². The zero-order valence-corrected chi connectivity index (χ0v) is 20.4. The standard InChI is InChI=1S/C26H29F3N2O5/c1-15(2)13-25(23(33)35-4,26(27,28)29)31-22(32)16(3)30-24(34)36-14-21-19-11-7-5-9-17(19)18-10-6-8-12-20(18)21/h5-12,15-16,21H,13-14H2,1-4H3,(H,30,34)(H,31,32)/t16-,25-/m0/s1.